The molecule has 2 rings (SSSR count). The second-order valence-electron chi connectivity index (χ2n) is 3.77. The molecule has 0 bridgehead atoms. The Morgan fingerprint density at radius 3 is 2.81 bits per heavy atom. The number of aryl methyl sites for hydroxylation is 1. The van der Waals surface area contributed by atoms with Crippen molar-refractivity contribution >= 4 is 11.6 Å². The van der Waals surface area contributed by atoms with Gasteiger partial charge >= 0.3 is 0 Å². The number of benzene rings is 1. The lowest BCUT2D eigenvalue weighted by Crippen LogP contribution is -1.79. The number of furan rings is 1. The standard InChI is InChI=1S/C14H14ClO/c1-2-3-7-14-9-12(10-16-14)11-5-4-6-13(15)8-11/h4-6,8-10H,1-3,7H2. The van der Waals surface area contributed by atoms with E-state index in [0.29, 0.717) is 0 Å². The van der Waals surface area contributed by atoms with Crippen molar-refractivity contribution in [2.45, 2.75) is 19.3 Å². The third-order valence-corrected chi connectivity index (χ3v) is 2.72. The summed E-state index contributed by atoms with van der Waals surface area (Å²) in [6, 6.07) is 9.86. The molecule has 2 aromatic rings. The molecule has 0 N–H and O–H groups in total. The lowest BCUT2D eigenvalue weighted by Gasteiger charge is -1.96. The summed E-state index contributed by atoms with van der Waals surface area (Å²) in [5.41, 5.74) is 2.18. The van der Waals surface area contributed by atoms with E-state index in [1.165, 1.54) is 0 Å². The third-order valence-electron chi connectivity index (χ3n) is 2.48. The minimum atomic E-state index is 0.748. The van der Waals surface area contributed by atoms with E-state index in [2.05, 4.69) is 13.0 Å². The molecule has 2 heteroatoms. The van der Waals surface area contributed by atoms with Gasteiger partial charge in [0.15, 0.2) is 0 Å². The van der Waals surface area contributed by atoms with E-state index in [4.69, 9.17) is 16.0 Å². The van der Waals surface area contributed by atoms with Crippen LogP contribution in [0.3, 0.4) is 0 Å². The topological polar surface area (TPSA) is 13.1 Å². The lowest BCUT2D eigenvalue weighted by atomic mass is 10.1. The maximum Gasteiger partial charge on any atom is 0.104 e. The molecule has 0 fully saturated rings. The molecule has 0 spiro atoms. The van der Waals surface area contributed by atoms with Gasteiger partial charge in [0, 0.05) is 17.0 Å². The maximum absolute atomic E-state index is 5.95. The summed E-state index contributed by atoms with van der Waals surface area (Å²) in [5, 5.41) is 0.748. The molecule has 0 saturated carbocycles. The van der Waals surface area contributed by atoms with Gasteiger partial charge in [0.2, 0.25) is 0 Å². The summed E-state index contributed by atoms with van der Waals surface area (Å²) in [7, 11) is 0. The maximum atomic E-state index is 5.95. The lowest BCUT2D eigenvalue weighted by molar-refractivity contribution is 0.503. The average Bonchev–Trinajstić information content (AvgIpc) is 2.75. The molecule has 1 heterocycles. The van der Waals surface area contributed by atoms with Gasteiger partial charge in [0.1, 0.15) is 5.76 Å². The average molecular weight is 234 g/mol. The Kier molecular flexibility index (Phi) is 3.68. The molecule has 0 aliphatic rings. The SMILES string of the molecule is [CH2]CCCc1cc(-c2cccc(Cl)c2)co1. The Labute approximate surface area is 101 Å². The molecular weight excluding hydrogens is 220 g/mol. The minimum absolute atomic E-state index is 0.748. The number of hydrogen-bond acceptors (Lipinski definition) is 1. The molecule has 1 aromatic heterocycles. The second kappa shape index (κ2) is 5.22. The van der Waals surface area contributed by atoms with Crippen LogP contribution in [-0.4, -0.2) is 0 Å². The van der Waals surface area contributed by atoms with Gasteiger partial charge in [-0.05, 0) is 30.2 Å². The monoisotopic (exact) mass is 233 g/mol. The zero-order valence-corrected chi connectivity index (χ0v) is 9.83. The van der Waals surface area contributed by atoms with E-state index in [0.717, 1.165) is 41.2 Å². The van der Waals surface area contributed by atoms with E-state index in [1.54, 1.807) is 6.26 Å². The summed E-state index contributed by atoms with van der Waals surface area (Å²) in [6.45, 7) is 3.82. The van der Waals surface area contributed by atoms with Crippen LogP contribution in [0.2, 0.25) is 5.02 Å². The van der Waals surface area contributed by atoms with E-state index in [9.17, 15) is 0 Å². The van der Waals surface area contributed by atoms with E-state index < -0.39 is 0 Å². The van der Waals surface area contributed by atoms with Gasteiger partial charge in [-0.1, -0.05) is 37.1 Å². The van der Waals surface area contributed by atoms with Crippen molar-refractivity contribution in [2.75, 3.05) is 0 Å². The zero-order valence-electron chi connectivity index (χ0n) is 9.08. The van der Waals surface area contributed by atoms with E-state index in [-0.39, 0.29) is 0 Å². The van der Waals surface area contributed by atoms with Crippen LogP contribution < -0.4 is 0 Å². The highest BCUT2D eigenvalue weighted by molar-refractivity contribution is 6.30. The molecule has 0 saturated heterocycles. The molecule has 83 valence electrons. The number of rotatable bonds is 4. The first-order valence-electron chi connectivity index (χ1n) is 5.42. The van der Waals surface area contributed by atoms with Gasteiger partial charge in [-0.15, -0.1) is 0 Å². The van der Waals surface area contributed by atoms with E-state index >= 15 is 0 Å². The molecule has 1 aromatic carbocycles. The van der Waals surface area contributed by atoms with Gasteiger partial charge in [-0.25, -0.2) is 0 Å². The van der Waals surface area contributed by atoms with Crippen molar-refractivity contribution < 1.29 is 4.42 Å². The molecule has 0 aliphatic heterocycles. The summed E-state index contributed by atoms with van der Waals surface area (Å²) in [4.78, 5) is 0. The smallest absolute Gasteiger partial charge is 0.104 e. The van der Waals surface area contributed by atoms with Crippen LogP contribution in [0.4, 0.5) is 0 Å². The van der Waals surface area contributed by atoms with Crippen LogP contribution in [0.1, 0.15) is 18.6 Å². The fraction of sp³-hybridized carbons (Fsp3) is 0.214. The molecule has 16 heavy (non-hydrogen) atoms. The quantitative estimate of drug-likeness (QED) is 0.742. The fourth-order valence-corrected chi connectivity index (χ4v) is 1.82. The largest absolute Gasteiger partial charge is 0.469 e. The van der Waals surface area contributed by atoms with Gasteiger partial charge in [-0.3, -0.25) is 0 Å². The van der Waals surface area contributed by atoms with Crippen molar-refractivity contribution in [3.8, 4) is 11.1 Å². The molecule has 1 radical (unpaired) electrons. The molecule has 1 nitrogen and oxygen atoms in total. The minimum Gasteiger partial charge on any atom is -0.469 e. The Hall–Kier alpha value is -1.21. The van der Waals surface area contributed by atoms with Crippen LogP contribution in [0.5, 0.6) is 0 Å². The first-order chi connectivity index (χ1) is 7.79. The summed E-state index contributed by atoms with van der Waals surface area (Å²) in [6.07, 6.45) is 4.73. The molecule has 0 unspecified atom stereocenters. The first-order valence-corrected chi connectivity index (χ1v) is 5.80. The third kappa shape index (κ3) is 2.67. The van der Waals surface area contributed by atoms with Crippen LogP contribution in [0, 0.1) is 6.92 Å². The Balaban J connectivity index is 2.18. The van der Waals surface area contributed by atoms with Crippen LogP contribution >= 0.6 is 11.6 Å². The highest BCUT2D eigenvalue weighted by Crippen LogP contribution is 2.25. The van der Waals surface area contributed by atoms with Crippen molar-refractivity contribution in [1.29, 1.82) is 0 Å². The van der Waals surface area contributed by atoms with Crippen LogP contribution in [-0.2, 0) is 6.42 Å². The molecule has 0 aliphatic carbocycles. The van der Waals surface area contributed by atoms with Gasteiger partial charge in [-0.2, -0.15) is 0 Å². The molecule has 0 atom stereocenters. The zero-order chi connectivity index (χ0) is 11.4. The molecular formula is C14H14ClO. The predicted octanol–water partition coefficient (Wildman–Crippen LogP) is 4.76. The number of halogens is 1. The normalized spacial score (nSPS) is 10.6. The predicted molar refractivity (Wildman–Crippen MR) is 67.4 cm³/mol. The van der Waals surface area contributed by atoms with Gasteiger partial charge < -0.3 is 4.42 Å². The van der Waals surface area contributed by atoms with Crippen molar-refractivity contribution in [3.63, 3.8) is 0 Å². The summed E-state index contributed by atoms with van der Waals surface area (Å²) >= 11 is 5.95. The summed E-state index contributed by atoms with van der Waals surface area (Å²) in [5.74, 6) is 1.01. The highest BCUT2D eigenvalue weighted by Gasteiger charge is 2.04. The number of hydrogen-bond donors (Lipinski definition) is 0. The van der Waals surface area contributed by atoms with Gasteiger partial charge in [0.05, 0.1) is 6.26 Å². The van der Waals surface area contributed by atoms with Crippen molar-refractivity contribution in [2.24, 2.45) is 0 Å². The Bertz CT molecular complexity index is 459. The van der Waals surface area contributed by atoms with Crippen molar-refractivity contribution in [3.05, 3.63) is 54.3 Å². The number of unbranched alkanes of at least 4 members (excludes halogenated alkanes) is 1. The van der Waals surface area contributed by atoms with Crippen LogP contribution in [0.15, 0.2) is 41.0 Å². The summed E-state index contributed by atoms with van der Waals surface area (Å²) < 4.78 is 5.49. The van der Waals surface area contributed by atoms with Gasteiger partial charge in [0.25, 0.3) is 0 Å². The Morgan fingerprint density at radius 1 is 1.19 bits per heavy atom. The highest BCUT2D eigenvalue weighted by atomic mass is 35.5. The second-order valence-corrected chi connectivity index (χ2v) is 4.21. The van der Waals surface area contributed by atoms with E-state index in [1.807, 2.05) is 24.3 Å². The molecule has 0 amide bonds. The fourth-order valence-electron chi connectivity index (χ4n) is 1.63. The van der Waals surface area contributed by atoms with Crippen molar-refractivity contribution in [1.82, 2.24) is 0 Å². The Morgan fingerprint density at radius 2 is 2.06 bits per heavy atom. The first kappa shape index (κ1) is 11.3. The van der Waals surface area contributed by atoms with Crippen LogP contribution in [0.25, 0.3) is 11.1 Å².